The minimum Gasteiger partial charge on any atom is -0.384 e. The lowest BCUT2D eigenvalue weighted by atomic mass is 10.00. The molecule has 2 aliphatic rings. The van der Waals surface area contributed by atoms with Gasteiger partial charge in [0.2, 0.25) is 5.91 Å². The highest BCUT2D eigenvalue weighted by Gasteiger charge is 2.31. The van der Waals surface area contributed by atoms with Crippen molar-refractivity contribution in [1.82, 2.24) is 5.32 Å². The maximum atomic E-state index is 12.2. The molecule has 0 aromatic heterocycles. The fourth-order valence-electron chi connectivity index (χ4n) is 2.92. The zero-order valence-corrected chi connectivity index (χ0v) is 11.9. The normalized spacial score (nSPS) is 26.8. The Labute approximate surface area is 118 Å². The summed E-state index contributed by atoms with van der Waals surface area (Å²) in [6.07, 6.45) is 0.655. The zero-order chi connectivity index (χ0) is 14.2. The van der Waals surface area contributed by atoms with Crippen molar-refractivity contribution in [3.05, 3.63) is 29.8 Å². The topological polar surface area (TPSA) is 75.3 Å². The van der Waals surface area contributed by atoms with Crippen LogP contribution in [-0.2, 0) is 14.6 Å². The number of anilines is 1. The number of hydrogen-bond donors (Lipinski definition) is 2. The third kappa shape index (κ3) is 2.65. The van der Waals surface area contributed by atoms with Crippen molar-refractivity contribution >= 4 is 21.4 Å². The number of hydrogen-bond acceptors (Lipinski definition) is 4. The van der Waals surface area contributed by atoms with Crippen LogP contribution in [0.5, 0.6) is 0 Å². The molecule has 1 saturated heterocycles. The van der Waals surface area contributed by atoms with E-state index in [4.69, 9.17) is 0 Å². The van der Waals surface area contributed by atoms with Gasteiger partial charge in [0, 0.05) is 18.8 Å². The predicted molar refractivity (Wildman–Crippen MR) is 77.4 cm³/mol. The first-order valence-electron chi connectivity index (χ1n) is 6.86. The summed E-state index contributed by atoms with van der Waals surface area (Å²) in [4.78, 5) is 12.2. The van der Waals surface area contributed by atoms with Crippen LogP contribution in [0.15, 0.2) is 24.3 Å². The summed E-state index contributed by atoms with van der Waals surface area (Å²) in [5.74, 6) is 0.318. The van der Waals surface area contributed by atoms with Crippen molar-refractivity contribution in [3.63, 3.8) is 0 Å². The van der Waals surface area contributed by atoms with Gasteiger partial charge in [-0.1, -0.05) is 18.2 Å². The van der Waals surface area contributed by atoms with Gasteiger partial charge in [0.05, 0.1) is 17.4 Å². The van der Waals surface area contributed by atoms with Gasteiger partial charge in [-0.05, 0) is 24.0 Å². The van der Waals surface area contributed by atoms with Crippen molar-refractivity contribution in [2.75, 3.05) is 29.9 Å². The summed E-state index contributed by atoms with van der Waals surface area (Å²) in [5.41, 5.74) is 2.03. The number of para-hydroxylation sites is 1. The summed E-state index contributed by atoms with van der Waals surface area (Å²) in [6, 6.07) is 7.79. The van der Waals surface area contributed by atoms with Gasteiger partial charge in [0.25, 0.3) is 0 Å². The number of carbonyl (C=O) groups is 1. The first-order valence-corrected chi connectivity index (χ1v) is 8.68. The fourth-order valence-corrected chi connectivity index (χ4v) is 4.78. The maximum absolute atomic E-state index is 12.2. The van der Waals surface area contributed by atoms with Crippen LogP contribution >= 0.6 is 0 Å². The Morgan fingerprint density at radius 2 is 2.15 bits per heavy atom. The van der Waals surface area contributed by atoms with E-state index in [9.17, 15) is 13.2 Å². The highest BCUT2D eigenvalue weighted by molar-refractivity contribution is 7.91. The van der Waals surface area contributed by atoms with Crippen LogP contribution in [0.25, 0.3) is 0 Å². The standard InChI is InChI=1S/C14H18N2O3S/c17-14(16-7-10-5-6-20(18,19)9-10)12-8-15-13-4-2-1-3-11(12)13/h1-4,10,12,15H,5-9H2,(H,16,17). The molecule has 0 spiro atoms. The van der Waals surface area contributed by atoms with Gasteiger partial charge in [-0.3, -0.25) is 4.79 Å². The molecule has 2 heterocycles. The minimum absolute atomic E-state index is 0.0215. The third-order valence-corrected chi connectivity index (χ3v) is 5.88. The molecule has 6 heteroatoms. The Morgan fingerprint density at radius 1 is 1.35 bits per heavy atom. The largest absolute Gasteiger partial charge is 0.384 e. The molecule has 2 aliphatic heterocycles. The van der Waals surface area contributed by atoms with Crippen molar-refractivity contribution in [1.29, 1.82) is 0 Å². The predicted octanol–water partition coefficient (Wildman–Crippen LogP) is 0.747. The van der Waals surface area contributed by atoms with Crippen molar-refractivity contribution in [2.24, 2.45) is 5.92 Å². The number of amides is 1. The van der Waals surface area contributed by atoms with Crippen molar-refractivity contribution < 1.29 is 13.2 Å². The first-order chi connectivity index (χ1) is 9.55. The van der Waals surface area contributed by atoms with Crippen molar-refractivity contribution in [3.8, 4) is 0 Å². The lowest BCUT2D eigenvalue weighted by molar-refractivity contribution is -0.122. The van der Waals surface area contributed by atoms with E-state index in [-0.39, 0.29) is 29.2 Å². The maximum Gasteiger partial charge on any atom is 0.229 e. The minimum atomic E-state index is -2.87. The van der Waals surface area contributed by atoms with Crippen LogP contribution in [0.1, 0.15) is 17.9 Å². The van der Waals surface area contributed by atoms with Crippen molar-refractivity contribution in [2.45, 2.75) is 12.3 Å². The molecule has 2 N–H and O–H groups in total. The third-order valence-electron chi connectivity index (χ3n) is 4.04. The van der Waals surface area contributed by atoms with E-state index in [0.717, 1.165) is 11.3 Å². The molecule has 1 aromatic rings. The van der Waals surface area contributed by atoms with Gasteiger partial charge >= 0.3 is 0 Å². The Balaban J connectivity index is 1.59. The molecule has 2 atom stereocenters. The van der Waals surface area contributed by atoms with Gasteiger partial charge in [-0.15, -0.1) is 0 Å². The van der Waals surface area contributed by atoms with E-state index in [2.05, 4.69) is 10.6 Å². The average Bonchev–Trinajstić information content (AvgIpc) is 2.99. The molecule has 0 aliphatic carbocycles. The molecule has 2 unspecified atom stereocenters. The monoisotopic (exact) mass is 294 g/mol. The molecule has 1 aromatic carbocycles. The molecule has 20 heavy (non-hydrogen) atoms. The second-order valence-electron chi connectivity index (χ2n) is 5.53. The molecule has 108 valence electrons. The number of nitrogens with one attached hydrogen (secondary N) is 2. The van der Waals surface area contributed by atoms with Crippen LogP contribution in [0.2, 0.25) is 0 Å². The molecule has 5 nitrogen and oxygen atoms in total. The molecule has 1 fully saturated rings. The van der Waals surface area contributed by atoms with Gasteiger partial charge in [0.1, 0.15) is 0 Å². The van der Waals surface area contributed by atoms with Crippen LogP contribution in [0.4, 0.5) is 5.69 Å². The average molecular weight is 294 g/mol. The highest BCUT2D eigenvalue weighted by Crippen LogP contribution is 2.31. The second-order valence-corrected chi connectivity index (χ2v) is 7.76. The Bertz CT molecular complexity index is 627. The Kier molecular flexibility index (Phi) is 3.41. The van der Waals surface area contributed by atoms with E-state index in [1.54, 1.807) is 0 Å². The molecule has 0 bridgehead atoms. The van der Waals surface area contributed by atoms with Gasteiger partial charge in [0.15, 0.2) is 9.84 Å². The number of rotatable bonds is 3. The van der Waals surface area contributed by atoms with Crippen LogP contribution in [-0.4, -0.2) is 38.9 Å². The molecular formula is C14H18N2O3S. The molecule has 0 radical (unpaired) electrons. The van der Waals surface area contributed by atoms with E-state index in [0.29, 0.717) is 19.5 Å². The van der Waals surface area contributed by atoms with E-state index < -0.39 is 9.84 Å². The van der Waals surface area contributed by atoms with Gasteiger partial charge in [-0.25, -0.2) is 8.42 Å². The Morgan fingerprint density at radius 3 is 2.90 bits per heavy atom. The summed E-state index contributed by atoms with van der Waals surface area (Å²) >= 11 is 0. The summed E-state index contributed by atoms with van der Waals surface area (Å²) in [5, 5.41) is 6.12. The summed E-state index contributed by atoms with van der Waals surface area (Å²) in [7, 11) is -2.87. The van der Waals surface area contributed by atoms with Gasteiger partial charge < -0.3 is 10.6 Å². The number of fused-ring (bicyclic) bond motifs is 1. The Hall–Kier alpha value is -1.56. The second kappa shape index (κ2) is 5.09. The van der Waals surface area contributed by atoms with E-state index in [1.165, 1.54) is 0 Å². The van der Waals surface area contributed by atoms with Crippen LogP contribution < -0.4 is 10.6 Å². The SMILES string of the molecule is O=C(NCC1CCS(=O)(=O)C1)C1CNc2ccccc21. The molecular weight excluding hydrogens is 276 g/mol. The smallest absolute Gasteiger partial charge is 0.229 e. The van der Waals surface area contributed by atoms with E-state index >= 15 is 0 Å². The molecule has 3 rings (SSSR count). The van der Waals surface area contributed by atoms with Crippen LogP contribution in [0.3, 0.4) is 0 Å². The first kappa shape index (κ1) is 13.4. The molecule has 1 amide bonds. The van der Waals surface area contributed by atoms with Gasteiger partial charge in [-0.2, -0.15) is 0 Å². The lowest BCUT2D eigenvalue weighted by Gasteiger charge is -2.13. The summed E-state index contributed by atoms with van der Waals surface area (Å²) in [6.45, 7) is 1.06. The fraction of sp³-hybridized carbons (Fsp3) is 0.500. The van der Waals surface area contributed by atoms with E-state index in [1.807, 2.05) is 24.3 Å². The highest BCUT2D eigenvalue weighted by atomic mass is 32.2. The number of sulfone groups is 1. The van der Waals surface area contributed by atoms with Crippen LogP contribution in [0, 0.1) is 5.92 Å². The number of benzene rings is 1. The summed E-state index contributed by atoms with van der Waals surface area (Å²) < 4.78 is 22.8. The zero-order valence-electron chi connectivity index (χ0n) is 11.1. The lowest BCUT2D eigenvalue weighted by Crippen LogP contribution is -2.34. The molecule has 0 saturated carbocycles. The quantitative estimate of drug-likeness (QED) is 0.862. The number of carbonyl (C=O) groups excluding carboxylic acids is 1.